The van der Waals surface area contributed by atoms with E-state index in [1.54, 1.807) is 0 Å². The normalized spacial score (nSPS) is 12.2. The molecule has 0 radical (unpaired) electrons. The zero-order valence-electron chi connectivity index (χ0n) is 6.16. The van der Waals surface area contributed by atoms with E-state index in [1.165, 1.54) is 6.92 Å². The van der Waals surface area contributed by atoms with Crippen LogP contribution in [0.3, 0.4) is 0 Å². The van der Waals surface area contributed by atoms with E-state index in [1.807, 2.05) is 0 Å². The largest absolute Gasteiger partial charge is 0.368 e. The standard InChI is InChI=1S/C6H10N2O3/c1-3(9)2-4(10)5(7)6(8)11/h5H,2,7H2,1H3,(H2,8,11)/t5-/m0/s1. The highest BCUT2D eigenvalue weighted by Gasteiger charge is 2.19. The van der Waals surface area contributed by atoms with Crippen molar-refractivity contribution in [2.75, 3.05) is 0 Å². The number of nitrogens with two attached hydrogens (primary N) is 2. The number of carbonyl (C=O) groups is 3. The summed E-state index contributed by atoms with van der Waals surface area (Å²) in [5, 5.41) is 0. The Morgan fingerprint density at radius 2 is 1.82 bits per heavy atom. The van der Waals surface area contributed by atoms with Crippen molar-refractivity contribution >= 4 is 17.5 Å². The first-order valence-electron chi connectivity index (χ1n) is 3.02. The quantitative estimate of drug-likeness (QED) is 0.478. The highest BCUT2D eigenvalue weighted by Crippen LogP contribution is 1.89. The highest BCUT2D eigenvalue weighted by atomic mass is 16.2. The fourth-order valence-electron chi connectivity index (χ4n) is 0.514. The number of hydrogen-bond acceptors (Lipinski definition) is 4. The SMILES string of the molecule is CC(=O)CC(=O)[C@H](N)C(N)=O. The predicted octanol–water partition coefficient (Wildman–Crippen LogP) is -1.65. The van der Waals surface area contributed by atoms with Crippen molar-refractivity contribution in [2.24, 2.45) is 11.5 Å². The lowest BCUT2D eigenvalue weighted by atomic mass is 10.1. The van der Waals surface area contributed by atoms with Gasteiger partial charge < -0.3 is 11.5 Å². The van der Waals surface area contributed by atoms with Crippen molar-refractivity contribution in [3.05, 3.63) is 0 Å². The molecule has 0 aliphatic heterocycles. The molecule has 1 amide bonds. The minimum Gasteiger partial charge on any atom is -0.368 e. The van der Waals surface area contributed by atoms with Crippen molar-refractivity contribution in [2.45, 2.75) is 19.4 Å². The summed E-state index contributed by atoms with van der Waals surface area (Å²) in [7, 11) is 0. The lowest BCUT2D eigenvalue weighted by molar-refractivity contribution is -0.130. The molecule has 1 atom stereocenters. The lowest BCUT2D eigenvalue weighted by Crippen LogP contribution is -2.43. The molecule has 0 aromatic rings. The summed E-state index contributed by atoms with van der Waals surface area (Å²) >= 11 is 0. The third-order valence-corrected chi connectivity index (χ3v) is 1.08. The van der Waals surface area contributed by atoms with E-state index in [9.17, 15) is 14.4 Å². The summed E-state index contributed by atoms with van der Waals surface area (Å²) in [5.41, 5.74) is 9.75. The minimum atomic E-state index is -1.35. The monoisotopic (exact) mass is 158 g/mol. The van der Waals surface area contributed by atoms with Crippen LogP contribution in [0.15, 0.2) is 0 Å². The molecule has 4 N–H and O–H groups in total. The van der Waals surface area contributed by atoms with E-state index < -0.39 is 17.7 Å². The van der Waals surface area contributed by atoms with Gasteiger partial charge in [0.1, 0.15) is 11.8 Å². The third-order valence-electron chi connectivity index (χ3n) is 1.08. The fraction of sp³-hybridized carbons (Fsp3) is 0.500. The van der Waals surface area contributed by atoms with Crippen molar-refractivity contribution in [3.63, 3.8) is 0 Å². The van der Waals surface area contributed by atoms with Crippen molar-refractivity contribution in [1.29, 1.82) is 0 Å². The van der Waals surface area contributed by atoms with Crippen LogP contribution in [0, 0.1) is 0 Å². The van der Waals surface area contributed by atoms with Gasteiger partial charge >= 0.3 is 0 Å². The first kappa shape index (κ1) is 9.77. The Kier molecular flexibility index (Phi) is 3.39. The topological polar surface area (TPSA) is 103 Å². The van der Waals surface area contributed by atoms with Gasteiger partial charge in [0.15, 0.2) is 5.78 Å². The minimum absolute atomic E-state index is 0.327. The maximum absolute atomic E-state index is 10.7. The lowest BCUT2D eigenvalue weighted by Gasteiger charge is -2.02. The molecule has 0 bridgehead atoms. The van der Waals surface area contributed by atoms with Gasteiger partial charge in [0.25, 0.3) is 0 Å². The average molecular weight is 158 g/mol. The highest BCUT2D eigenvalue weighted by molar-refractivity contribution is 6.10. The Hall–Kier alpha value is -1.23. The zero-order valence-corrected chi connectivity index (χ0v) is 6.16. The van der Waals surface area contributed by atoms with Crippen LogP contribution in [0.25, 0.3) is 0 Å². The smallest absolute Gasteiger partial charge is 0.242 e. The zero-order chi connectivity index (χ0) is 9.02. The van der Waals surface area contributed by atoms with E-state index in [0.717, 1.165) is 0 Å². The van der Waals surface area contributed by atoms with E-state index in [-0.39, 0.29) is 12.2 Å². The second-order valence-corrected chi connectivity index (χ2v) is 2.23. The van der Waals surface area contributed by atoms with Crippen LogP contribution in [0.5, 0.6) is 0 Å². The Morgan fingerprint density at radius 1 is 1.36 bits per heavy atom. The van der Waals surface area contributed by atoms with Crippen molar-refractivity contribution < 1.29 is 14.4 Å². The van der Waals surface area contributed by atoms with Crippen molar-refractivity contribution in [1.82, 2.24) is 0 Å². The van der Waals surface area contributed by atoms with E-state index in [0.29, 0.717) is 0 Å². The molecule has 0 fully saturated rings. The molecule has 0 unspecified atom stereocenters. The van der Waals surface area contributed by atoms with Gasteiger partial charge in [-0.25, -0.2) is 0 Å². The molecule has 0 saturated heterocycles. The number of carbonyl (C=O) groups excluding carboxylic acids is 3. The number of Topliss-reactive ketones (excluding diaryl/α,β-unsaturated/α-hetero) is 2. The maximum Gasteiger partial charge on any atom is 0.242 e. The molecule has 11 heavy (non-hydrogen) atoms. The first-order chi connectivity index (χ1) is 4.95. The Morgan fingerprint density at radius 3 is 2.09 bits per heavy atom. The number of primary amides is 1. The third kappa shape index (κ3) is 3.47. The van der Waals surface area contributed by atoms with Crippen LogP contribution in [0.1, 0.15) is 13.3 Å². The Balaban J connectivity index is 4.04. The van der Waals surface area contributed by atoms with Crippen LogP contribution >= 0.6 is 0 Å². The van der Waals surface area contributed by atoms with Crippen molar-refractivity contribution in [3.8, 4) is 0 Å². The van der Waals surface area contributed by atoms with Crippen LogP contribution in [0.4, 0.5) is 0 Å². The average Bonchev–Trinajstić information content (AvgIpc) is 1.84. The summed E-state index contributed by atoms with van der Waals surface area (Å²) in [4.78, 5) is 31.4. The van der Waals surface area contributed by atoms with Gasteiger partial charge in [-0.2, -0.15) is 0 Å². The summed E-state index contributed by atoms with van der Waals surface area (Å²) in [6.45, 7) is 1.24. The number of ketones is 2. The van der Waals surface area contributed by atoms with Crippen LogP contribution in [-0.2, 0) is 14.4 Å². The van der Waals surface area contributed by atoms with Gasteiger partial charge in [-0.3, -0.25) is 14.4 Å². The first-order valence-corrected chi connectivity index (χ1v) is 3.02. The van der Waals surface area contributed by atoms with Gasteiger partial charge in [0, 0.05) is 0 Å². The summed E-state index contributed by atoms with van der Waals surface area (Å²) in [5.74, 6) is -1.87. The van der Waals surface area contributed by atoms with Crippen LogP contribution in [-0.4, -0.2) is 23.5 Å². The van der Waals surface area contributed by atoms with Crippen LogP contribution < -0.4 is 11.5 Å². The predicted molar refractivity (Wildman–Crippen MR) is 37.5 cm³/mol. The molecule has 0 spiro atoms. The number of amides is 1. The fourth-order valence-corrected chi connectivity index (χ4v) is 0.514. The Bertz CT molecular complexity index is 200. The molecule has 0 heterocycles. The van der Waals surface area contributed by atoms with Gasteiger partial charge in [0.05, 0.1) is 6.42 Å². The molecule has 0 aliphatic rings. The Labute approximate surface area is 63.7 Å². The molecular weight excluding hydrogens is 148 g/mol. The molecule has 0 saturated carbocycles. The molecule has 5 heteroatoms. The van der Waals surface area contributed by atoms with Gasteiger partial charge in [-0.15, -0.1) is 0 Å². The van der Waals surface area contributed by atoms with E-state index >= 15 is 0 Å². The second-order valence-electron chi connectivity index (χ2n) is 2.23. The summed E-state index contributed by atoms with van der Waals surface area (Å²) < 4.78 is 0. The molecular formula is C6H10N2O3. The molecule has 0 rings (SSSR count). The van der Waals surface area contributed by atoms with Gasteiger partial charge in [-0.05, 0) is 6.92 Å². The number of hydrogen-bond donors (Lipinski definition) is 2. The summed E-state index contributed by atoms with van der Waals surface area (Å²) in [6, 6.07) is -1.35. The molecule has 0 aromatic heterocycles. The summed E-state index contributed by atoms with van der Waals surface area (Å²) in [6.07, 6.45) is -0.329. The molecule has 5 nitrogen and oxygen atoms in total. The van der Waals surface area contributed by atoms with Gasteiger partial charge in [0.2, 0.25) is 5.91 Å². The number of rotatable bonds is 4. The van der Waals surface area contributed by atoms with Gasteiger partial charge in [-0.1, -0.05) is 0 Å². The molecule has 62 valence electrons. The maximum atomic E-state index is 10.7. The molecule has 0 aromatic carbocycles. The van der Waals surface area contributed by atoms with E-state index in [4.69, 9.17) is 11.5 Å². The molecule has 0 aliphatic carbocycles. The second kappa shape index (κ2) is 3.82. The van der Waals surface area contributed by atoms with E-state index in [2.05, 4.69) is 0 Å². The van der Waals surface area contributed by atoms with Crippen LogP contribution in [0.2, 0.25) is 0 Å².